The Morgan fingerprint density at radius 3 is 1.85 bits per heavy atom. The van der Waals surface area contributed by atoms with E-state index in [9.17, 15) is 17.6 Å². The molecular weight excluding hydrogens is 356 g/mol. The molecule has 0 saturated heterocycles. The molecule has 0 radical (unpaired) electrons. The van der Waals surface area contributed by atoms with E-state index in [1.807, 2.05) is 0 Å². The van der Waals surface area contributed by atoms with Crippen molar-refractivity contribution in [3.05, 3.63) is 29.3 Å². The van der Waals surface area contributed by atoms with Crippen molar-refractivity contribution in [3.63, 3.8) is 0 Å². The maximum atomic E-state index is 14.6. The van der Waals surface area contributed by atoms with Crippen LogP contribution in [0.3, 0.4) is 0 Å². The van der Waals surface area contributed by atoms with Gasteiger partial charge in [-0.2, -0.15) is 8.78 Å². The Labute approximate surface area is 159 Å². The fourth-order valence-corrected chi connectivity index (χ4v) is 4.92. The zero-order valence-corrected chi connectivity index (χ0v) is 16.2. The number of ether oxygens (including phenoxy) is 1. The van der Waals surface area contributed by atoms with Crippen LogP contribution in [-0.2, 0) is 0 Å². The van der Waals surface area contributed by atoms with Gasteiger partial charge in [0.05, 0.1) is 5.92 Å². The van der Waals surface area contributed by atoms with Crippen molar-refractivity contribution in [2.75, 3.05) is 0 Å². The van der Waals surface area contributed by atoms with Gasteiger partial charge in [0.25, 0.3) is 0 Å². The van der Waals surface area contributed by atoms with Crippen LogP contribution in [0.15, 0.2) is 12.1 Å². The highest BCUT2D eigenvalue weighted by Crippen LogP contribution is 2.45. The summed E-state index contributed by atoms with van der Waals surface area (Å²) >= 11 is 0. The van der Waals surface area contributed by atoms with Crippen LogP contribution in [0.5, 0.6) is 5.75 Å². The van der Waals surface area contributed by atoms with Crippen molar-refractivity contribution in [3.8, 4) is 5.75 Å². The van der Waals surface area contributed by atoms with Crippen LogP contribution in [0, 0.1) is 42.2 Å². The van der Waals surface area contributed by atoms with Gasteiger partial charge in [0.15, 0.2) is 0 Å². The van der Waals surface area contributed by atoms with Crippen molar-refractivity contribution in [1.82, 2.24) is 0 Å². The lowest BCUT2D eigenvalue weighted by molar-refractivity contribution is -0.224. The largest absolute Gasteiger partial charge is 0.432 e. The molecular formula is C22H30F4O. The summed E-state index contributed by atoms with van der Waals surface area (Å²) in [7, 11) is 0. The normalized spacial score (nSPS) is 29.6. The summed E-state index contributed by atoms with van der Waals surface area (Å²) in [4.78, 5) is 0. The lowest BCUT2D eigenvalue weighted by atomic mass is 9.69. The van der Waals surface area contributed by atoms with Crippen LogP contribution in [0.25, 0.3) is 0 Å². The standard InChI is InChI=1S/C22H30F4O/c1-3-15-4-6-16(7-5-15)17-8-10-18(11-9-17)22(25,26)27-19-12-20(23)14(2)21(24)13-19/h12-13,15-18H,3-11H2,1-2H3. The second kappa shape index (κ2) is 8.40. The molecule has 0 bridgehead atoms. The summed E-state index contributed by atoms with van der Waals surface area (Å²) in [6.45, 7) is 3.51. The molecule has 2 fully saturated rings. The van der Waals surface area contributed by atoms with E-state index in [0.29, 0.717) is 24.7 Å². The SMILES string of the molecule is CCC1CCC(C2CCC(C(F)(F)Oc3cc(F)c(C)c(F)c3)CC2)CC1. The predicted molar refractivity (Wildman–Crippen MR) is 97.9 cm³/mol. The van der Waals surface area contributed by atoms with E-state index in [1.165, 1.54) is 39.0 Å². The zero-order valence-electron chi connectivity index (χ0n) is 16.2. The first-order chi connectivity index (χ1) is 12.8. The van der Waals surface area contributed by atoms with Crippen LogP contribution in [-0.4, -0.2) is 6.11 Å². The van der Waals surface area contributed by atoms with E-state index < -0.39 is 29.4 Å². The smallest absolute Gasteiger partial charge is 0.400 e. The lowest BCUT2D eigenvalue weighted by Crippen LogP contribution is -2.38. The van der Waals surface area contributed by atoms with Gasteiger partial charge in [0.2, 0.25) is 0 Å². The van der Waals surface area contributed by atoms with Gasteiger partial charge in [-0.3, -0.25) is 0 Å². The Bertz CT molecular complexity index is 606. The fraction of sp³-hybridized carbons (Fsp3) is 0.727. The Balaban J connectivity index is 1.55. The van der Waals surface area contributed by atoms with Crippen LogP contribution in [0.1, 0.15) is 70.3 Å². The summed E-state index contributed by atoms with van der Waals surface area (Å²) in [5.74, 6) is -1.04. The van der Waals surface area contributed by atoms with Gasteiger partial charge in [-0.05, 0) is 63.2 Å². The molecule has 2 saturated carbocycles. The third-order valence-corrected chi connectivity index (χ3v) is 6.89. The molecule has 152 valence electrons. The number of hydrogen-bond donors (Lipinski definition) is 0. The molecule has 3 rings (SSSR count). The lowest BCUT2D eigenvalue weighted by Gasteiger charge is -2.39. The number of halogens is 4. The molecule has 0 unspecified atom stereocenters. The first kappa shape index (κ1) is 20.5. The van der Waals surface area contributed by atoms with Crippen LogP contribution in [0.2, 0.25) is 0 Å². The number of alkyl halides is 2. The van der Waals surface area contributed by atoms with Gasteiger partial charge in [-0.1, -0.05) is 26.2 Å². The van der Waals surface area contributed by atoms with Gasteiger partial charge in [-0.15, -0.1) is 0 Å². The molecule has 0 heterocycles. The Kier molecular flexibility index (Phi) is 6.37. The third-order valence-electron chi connectivity index (χ3n) is 6.89. The zero-order chi connectivity index (χ0) is 19.6. The van der Waals surface area contributed by atoms with E-state index in [-0.39, 0.29) is 5.56 Å². The molecule has 0 amide bonds. The predicted octanol–water partition coefficient (Wildman–Crippen LogP) is 7.27. The monoisotopic (exact) mass is 386 g/mol. The first-order valence-electron chi connectivity index (χ1n) is 10.3. The molecule has 5 heteroatoms. The highest BCUT2D eigenvalue weighted by atomic mass is 19.3. The molecule has 27 heavy (non-hydrogen) atoms. The van der Waals surface area contributed by atoms with Gasteiger partial charge in [-0.25, -0.2) is 8.78 Å². The molecule has 0 atom stereocenters. The Morgan fingerprint density at radius 1 is 0.889 bits per heavy atom. The summed E-state index contributed by atoms with van der Waals surface area (Å²) in [5, 5.41) is 0. The molecule has 1 aromatic carbocycles. The topological polar surface area (TPSA) is 9.23 Å². The number of rotatable bonds is 5. The molecule has 2 aliphatic rings. The minimum absolute atomic E-state index is 0.191. The molecule has 0 N–H and O–H groups in total. The Hall–Kier alpha value is -1.26. The third kappa shape index (κ3) is 4.78. The Morgan fingerprint density at radius 2 is 1.37 bits per heavy atom. The molecule has 0 spiro atoms. The van der Waals surface area contributed by atoms with Crippen LogP contribution in [0.4, 0.5) is 17.6 Å². The number of hydrogen-bond acceptors (Lipinski definition) is 1. The van der Waals surface area contributed by atoms with Crippen LogP contribution < -0.4 is 4.74 Å². The molecule has 2 aliphatic carbocycles. The maximum absolute atomic E-state index is 14.6. The van der Waals surface area contributed by atoms with Crippen molar-refractivity contribution in [1.29, 1.82) is 0 Å². The molecule has 0 aliphatic heterocycles. The second-order valence-electron chi connectivity index (χ2n) is 8.48. The van der Waals surface area contributed by atoms with Gasteiger partial charge < -0.3 is 4.74 Å². The summed E-state index contributed by atoms with van der Waals surface area (Å²) in [6.07, 6.45) is 5.22. The van der Waals surface area contributed by atoms with Gasteiger partial charge in [0, 0.05) is 17.7 Å². The highest BCUT2D eigenvalue weighted by Gasteiger charge is 2.45. The molecule has 1 aromatic rings. The van der Waals surface area contributed by atoms with Gasteiger partial charge >= 0.3 is 6.11 Å². The van der Waals surface area contributed by atoms with Gasteiger partial charge in [0.1, 0.15) is 17.4 Å². The first-order valence-corrected chi connectivity index (χ1v) is 10.3. The molecule has 1 nitrogen and oxygen atoms in total. The van der Waals surface area contributed by atoms with Crippen molar-refractivity contribution < 1.29 is 22.3 Å². The van der Waals surface area contributed by atoms with Crippen molar-refractivity contribution in [2.45, 2.75) is 77.7 Å². The van der Waals surface area contributed by atoms with E-state index in [2.05, 4.69) is 6.92 Å². The van der Waals surface area contributed by atoms with Crippen LogP contribution >= 0.6 is 0 Å². The maximum Gasteiger partial charge on any atom is 0.400 e. The van der Waals surface area contributed by atoms with E-state index in [4.69, 9.17) is 4.74 Å². The summed E-state index contributed by atoms with van der Waals surface area (Å²) < 4.78 is 61.1. The summed E-state index contributed by atoms with van der Waals surface area (Å²) in [5.41, 5.74) is -0.191. The molecule has 0 aromatic heterocycles. The average molecular weight is 386 g/mol. The second-order valence-corrected chi connectivity index (χ2v) is 8.48. The minimum atomic E-state index is -3.40. The summed E-state index contributed by atoms with van der Waals surface area (Å²) in [6, 6.07) is 1.67. The highest BCUT2D eigenvalue weighted by molar-refractivity contribution is 5.30. The van der Waals surface area contributed by atoms with E-state index in [1.54, 1.807) is 0 Å². The number of benzene rings is 1. The van der Waals surface area contributed by atoms with Crippen molar-refractivity contribution in [2.24, 2.45) is 23.7 Å². The average Bonchev–Trinajstić information content (AvgIpc) is 2.66. The van der Waals surface area contributed by atoms with E-state index >= 15 is 0 Å². The fourth-order valence-electron chi connectivity index (χ4n) is 4.92. The van der Waals surface area contributed by atoms with E-state index in [0.717, 1.165) is 30.9 Å². The minimum Gasteiger partial charge on any atom is -0.432 e. The van der Waals surface area contributed by atoms with Crippen molar-refractivity contribution >= 4 is 0 Å². The quantitative estimate of drug-likeness (QED) is 0.484.